The van der Waals surface area contributed by atoms with E-state index < -0.39 is 0 Å². The number of halogens is 2. The number of aromatic nitrogens is 1. The first kappa shape index (κ1) is 28.1. The summed E-state index contributed by atoms with van der Waals surface area (Å²) < 4.78 is 27.6. The van der Waals surface area contributed by atoms with Gasteiger partial charge >= 0.3 is 0 Å². The number of carbonyl (C=O) groups excluding carboxylic acids is 1. The lowest BCUT2D eigenvalue weighted by Gasteiger charge is -2.13. The third-order valence-electron chi connectivity index (χ3n) is 6.46. The maximum Gasteiger partial charge on any atom is 0.271 e. The molecule has 0 bridgehead atoms. The maximum absolute atomic E-state index is 13.2. The van der Waals surface area contributed by atoms with E-state index in [9.17, 15) is 9.18 Å². The molecule has 0 fully saturated rings. The molecule has 0 aliphatic rings. The zero-order chi connectivity index (χ0) is 28.8. The van der Waals surface area contributed by atoms with E-state index in [2.05, 4.69) is 68.9 Å². The molecule has 41 heavy (non-hydrogen) atoms. The van der Waals surface area contributed by atoms with Gasteiger partial charge in [0.2, 0.25) is 0 Å². The van der Waals surface area contributed by atoms with Crippen molar-refractivity contribution in [3.8, 4) is 28.4 Å². The lowest BCUT2D eigenvalue weighted by atomic mass is 10.1. The normalized spacial score (nSPS) is 11.0. The number of rotatable bonds is 9. The van der Waals surface area contributed by atoms with Gasteiger partial charge in [-0.05, 0) is 107 Å². The number of nitrogens with zero attached hydrogens (tertiary/aromatic N) is 2. The van der Waals surface area contributed by atoms with Crippen LogP contribution in [0.1, 0.15) is 27.2 Å². The van der Waals surface area contributed by atoms with Crippen LogP contribution in [-0.2, 0) is 6.61 Å². The van der Waals surface area contributed by atoms with Crippen LogP contribution in [0.5, 0.6) is 11.5 Å². The van der Waals surface area contributed by atoms with Crippen LogP contribution in [0.25, 0.3) is 16.9 Å². The zero-order valence-electron chi connectivity index (χ0n) is 22.5. The summed E-state index contributed by atoms with van der Waals surface area (Å²) in [4.78, 5) is 12.8. The molecule has 1 amide bonds. The van der Waals surface area contributed by atoms with Crippen molar-refractivity contribution in [2.24, 2.45) is 5.10 Å². The Kier molecular flexibility index (Phi) is 8.79. The van der Waals surface area contributed by atoms with Crippen LogP contribution in [0.3, 0.4) is 0 Å². The molecule has 0 atom stereocenters. The third-order valence-corrected chi connectivity index (χ3v) is 7.26. The average molecular weight is 659 g/mol. The zero-order valence-corrected chi connectivity index (χ0v) is 24.6. The lowest BCUT2D eigenvalue weighted by molar-refractivity contribution is 0.0955. The molecule has 0 aliphatic carbocycles. The van der Waals surface area contributed by atoms with Crippen LogP contribution < -0.4 is 14.9 Å². The van der Waals surface area contributed by atoms with Crippen molar-refractivity contribution in [1.29, 1.82) is 0 Å². The highest BCUT2D eigenvalue weighted by Crippen LogP contribution is 2.34. The minimum absolute atomic E-state index is 0.270. The highest BCUT2D eigenvalue weighted by atomic mass is 127. The summed E-state index contributed by atoms with van der Waals surface area (Å²) in [6.45, 7) is 2.33. The summed E-state index contributed by atoms with van der Waals surface area (Å²) in [6, 6.07) is 31.6. The van der Waals surface area contributed by atoms with Gasteiger partial charge in [0.05, 0.1) is 22.6 Å². The fourth-order valence-corrected chi connectivity index (χ4v) is 5.18. The Bertz CT molecular complexity index is 1680. The first-order chi connectivity index (χ1) is 19.9. The summed E-state index contributed by atoms with van der Waals surface area (Å²) in [5, 5.41) is 4.14. The molecule has 0 spiro atoms. The maximum atomic E-state index is 13.2. The second-order valence-corrected chi connectivity index (χ2v) is 10.4. The molecule has 0 unspecified atom stereocenters. The number of hydrogen-bond donors (Lipinski definition) is 1. The minimum Gasteiger partial charge on any atom is -0.493 e. The van der Waals surface area contributed by atoms with Gasteiger partial charge < -0.3 is 14.0 Å². The highest BCUT2D eigenvalue weighted by molar-refractivity contribution is 14.1. The number of hydrazone groups is 1. The Morgan fingerprint density at radius 3 is 2.41 bits per heavy atom. The Balaban J connectivity index is 1.25. The molecule has 0 saturated heterocycles. The van der Waals surface area contributed by atoms with Crippen molar-refractivity contribution >= 4 is 34.7 Å². The van der Waals surface area contributed by atoms with Crippen molar-refractivity contribution in [1.82, 2.24) is 9.99 Å². The molecule has 8 heteroatoms. The molecule has 0 radical (unpaired) electrons. The van der Waals surface area contributed by atoms with E-state index in [1.54, 1.807) is 43.7 Å². The number of amides is 1. The van der Waals surface area contributed by atoms with Gasteiger partial charge in [-0.25, -0.2) is 9.82 Å². The van der Waals surface area contributed by atoms with Gasteiger partial charge in [0.15, 0.2) is 11.5 Å². The van der Waals surface area contributed by atoms with Crippen LogP contribution in [0, 0.1) is 16.3 Å². The topological polar surface area (TPSA) is 64.8 Å². The summed E-state index contributed by atoms with van der Waals surface area (Å²) in [7, 11) is 1.56. The molecule has 206 valence electrons. The Hall–Kier alpha value is -4.44. The largest absolute Gasteiger partial charge is 0.493 e. The number of aryl methyl sites for hydroxylation is 1. The molecule has 6 nitrogen and oxygen atoms in total. The van der Waals surface area contributed by atoms with Gasteiger partial charge in [-0.2, -0.15) is 5.10 Å². The SMILES string of the molecule is COc1cc(/C=N/NC(=O)c2ccc(-n3c(C)ccc3-c3ccccc3)cc2)cc(I)c1OCc1ccc(F)cc1. The number of carbonyl (C=O) groups is 1. The van der Waals surface area contributed by atoms with E-state index in [1.807, 2.05) is 36.4 Å². The van der Waals surface area contributed by atoms with Crippen molar-refractivity contribution in [2.75, 3.05) is 7.11 Å². The first-order valence-corrected chi connectivity index (χ1v) is 13.9. The van der Waals surface area contributed by atoms with Gasteiger partial charge in [0.25, 0.3) is 5.91 Å². The third kappa shape index (κ3) is 6.66. The number of methoxy groups -OCH3 is 1. The second-order valence-electron chi connectivity index (χ2n) is 9.26. The monoisotopic (exact) mass is 659 g/mol. The molecule has 1 heterocycles. The van der Waals surface area contributed by atoms with Crippen molar-refractivity contribution in [3.05, 3.63) is 135 Å². The first-order valence-electron chi connectivity index (χ1n) is 12.9. The van der Waals surface area contributed by atoms with Crippen LogP contribution in [0.2, 0.25) is 0 Å². The van der Waals surface area contributed by atoms with Crippen molar-refractivity contribution < 1.29 is 18.7 Å². The molecule has 4 aromatic carbocycles. The molecule has 5 aromatic rings. The highest BCUT2D eigenvalue weighted by Gasteiger charge is 2.13. The molecule has 0 saturated carbocycles. The fraction of sp³-hybridized carbons (Fsp3) is 0.0909. The Morgan fingerprint density at radius 2 is 1.71 bits per heavy atom. The molecule has 5 rings (SSSR count). The Labute approximate surface area is 251 Å². The summed E-state index contributed by atoms with van der Waals surface area (Å²) in [5.41, 5.74) is 8.93. The predicted octanol–water partition coefficient (Wildman–Crippen LogP) is 7.55. The summed E-state index contributed by atoms with van der Waals surface area (Å²) in [5.74, 6) is 0.490. The van der Waals surface area contributed by atoms with Crippen molar-refractivity contribution in [2.45, 2.75) is 13.5 Å². The average Bonchev–Trinajstić information content (AvgIpc) is 3.38. The van der Waals surface area contributed by atoms with E-state index >= 15 is 0 Å². The number of benzene rings is 4. The van der Waals surface area contributed by atoms with Gasteiger partial charge in [-0.3, -0.25) is 4.79 Å². The van der Waals surface area contributed by atoms with Crippen LogP contribution in [-0.4, -0.2) is 23.8 Å². The van der Waals surface area contributed by atoms with E-state index in [0.717, 1.165) is 37.3 Å². The molecule has 1 N–H and O–H groups in total. The molecule has 1 aromatic heterocycles. The molecule has 0 aliphatic heterocycles. The lowest BCUT2D eigenvalue weighted by Crippen LogP contribution is -2.17. The van der Waals surface area contributed by atoms with Crippen LogP contribution >= 0.6 is 22.6 Å². The fourth-order valence-electron chi connectivity index (χ4n) is 4.40. The van der Waals surface area contributed by atoms with E-state index in [4.69, 9.17) is 9.47 Å². The number of ether oxygens (including phenoxy) is 2. The van der Waals surface area contributed by atoms with Gasteiger partial charge in [-0.15, -0.1) is 0 Å². The second kappa shape index (κ2) is 12.8. The molecular weight excluding hydrogens is 632 g/mol. The Morgan fingerprint density at radius 1 is 0.976 bits per heavy atom. The van der Waals surface area contributed by atoms with Gasteiger partial charge in [0, 0.05) is 16.9 Å². The van der Waals surface area contributed by atoms with Crippen LogP contribution in [0.4, 0.5) is 4.39 Å². The van der Waals surface area contributed by atoms with E-state index in [-0.39, 0.29) is 18.3 Å². The van der Waals surface area contributed by atoms with E-state index in [0.29, 0.717) is 17.1 Å². The predicted molar refractivity (Wildman–Crippen MR) is 167 cm³/mol. The summed E-state index contributed by atoms with van der Waals surface area (Å²) in [6.07, 6.45) is 1.55. The smallest absolute Gasteiger partial charge is 0.271 e. The standard InChI is InChI=1S/C33H27FIN3O3/c1-22-8-17-30(25-6-4-3-5-7-25)38(22)28-15-11-26(12-16-28)33(39)37-36-20-24-18-29(35)32(31(19-24)40-2)41-21-23-9-13-27(34)14-10-23/h3-20H,21H2,1-2H3,(H,37,39)/b36-20+. The van der Waals surface area contributed by atoms with Gasteiger partial charge in [-0.1, -0.05) is 42.5 Å². The number of hydrogen-bond acceptors (Lipinski definition) is 4. The number of nitrogens with one attached hydrogen (secondary N) is 1. The quantitative estimate of drug-likeness (QED) is 0.101. The molecular formula is C33H27FIN3O3. The minimum atomic E-state index is -0.318. The van der Waals surface area contributed by atoms with E-state index in [1.165, 1.54) is 12.1 Å². The van der Waals surface area contributed by atoms with Gasteiger partial charge in [0.1, 0.15) is 12.4 Å². The summed E-state index contributed by atoms with van der Waals surface area (Å²) >= 11 is 2.16. The van der Waals surface area contributed by atoms with Crippen LogP contribution in [0.15, 0.2) is 108 Å². The van der Waals surface area contributed by atoms with Crippen molar-refractivity contribution in [3.63, 3.8) is 0 Å².